The Hall–Kier alpha value is -1.35. The quantitative estimate of drug-likeness (QED) is 0.855. The molecule has 1 fully saturated rings. The van der Waals surface area contributed by atoms with Gasteiger partial charge in [-0.3, -0.25) is 4.79 Å². The van der Waals surface area contributed by atoms with E-state index in [0.717, 1.165) is 24.9 Å². The van der Waals surface area contributed by atoms with Crippen molar-refractivity contribution in [3.8, 4) is 0 Å². The van der Waals surface area contributed by atoms with Gasteiger partial charge in [-0.25, -0.2) is 0 Å². The molecule has 3 nitrogen and oxygen atoms in total. The number of amides is 1. The van der Waals surface area contributed by atoms with E-state index < -0.39 is 0 Å². The third-order valence-electron chi connectivity index (χ3n) is 4.82. The van der Waals surface area contributed by atoms with Gasteiger partial charge in [0.2, 0.25) is 5.91 Å². The highest BCUT2D eigenvalue weighted by atomic mass is 16.2. The number of hydrogen-bond acceptors (Lipinski definition) is 2. The van der Waals surface area contributed by atoms with Crippen molar-refractivity contribution in [1.82, 2.24) is 5.32 Å². The van der Waals surface area contributed by atoms with Crippen molar-refractivity contribution in [3.05, 3.63) is 29.8 Å². The summed E-state index contributed by atoms with van der Waals surface area (Å²) in [6.45, 7) is 4.25. The molecule has 1 aliphatic rings. The normalized spacial score (nSPS) is 18.8. The van der Waals surface area contributed by atoms with E-state index in [1.807, 2.05) is 19.2 Å². The molecule has 0 bridgehead atoms. The molecule has 0 aliphatic heterocycles. The lowest BCUT2D eigenvalue weighted by Crippen LogP contribution is -2.33. The van der Waals surface area contributed by atoms with Crippen LogP contribution >= 0.6 is 0 Å². The molecule has 2 N–H and O–H groups in total. The molecule has 1 saturated carbocycles. The second kappa shape index (κ2) is 6.40. The van der Waals surface area contributed by atoms with Crippen molar-refractivity contribution in [3.63, 3.8) is 0 Å². The molecule has 0 aromatic heterocycles. The van der Waals surface area contributed by atoms with E-state index in [9.17, 15) is 4.79 Å². The van der Waals surface area contributed by atoms with Gasteiger partial charge in [-0.05, 0) is 50.9 Å². The molecule has 0 radical (unpaired) electrons. The van der Waals surface area contributed by atoms with Crippen LogP contribution in [0.15, 0.2) is 24.3 Å². The first-order valence-electron chi connectivity index (χ1n) is 7.70. The summed E-state index contributed by atoms with van der Waals surface area (Å²) in [5.74, 6) is 0.201. The molecule has 110 valence electrons. The second-order valence-corrected chi connectivity index (χ2v) is 5.93. The predicted octanol–water partition coefficient (Wildman–Crippen LogP) is 3.88. The lowest BCUT2D eigenvalue weighted by Gasteiger charge is -2.26. The van der Waals surface area contributed by atoms with Gasteiger partial charge >= 0.3 is 0 Å². The van der Waals surface area contributed by atoms with Crippen LogP contribution < -0.4 is 10.6 Å². The minimum Gasteiger partial charge on any atom is -0.326 e. The SMILES string of the molecule is CCC1(C(=O)Nc2ccc(C(C)NC)cc2)CCCC1. The van der Waals surface area contributed by atoms with Crippen LogP contribution in [-0.2, 0) is 4.79 Å². The molecule has 0 spiro atoms. The first kappa shape index (κ1) is 15.0. The standard InChI is InChI=1S/C17H26N2O/c1-4-17(11-5-6-12-17)16(20)19-15-9-7-14(8-10-15)13(2)18-3/h7-10,13,18H,4-6,11-12H2,1-3H3,(H,19,20). The summed E-state index contributed by atoms with van der Waals surface area (Å²) in [4.78, 5) is 12.5. The van der Waals surface area contributed by atoms with Crippen molar-refractivity contribution < 1.29 is 4.79 Å². The monoisotopic (exact) mass is 274 g/mol. The number of rotatable bonds is 5. The van der Waals surface area contributed by atoms with Crippen LogP contribution in [0, 0.1) is 5.41 Å². The molecule has 1 aromatic carbocycles. The molecule has 1 atom stereocenters. The van der Waals surface area contributed by atoms with Crippen LogP contribution in [0.4, 0.5) is 5.69 Å². The summed E-state index contributed by atoms with van der Waals surface area (Å²) in [5.41, 5.74) is 2.01. The Labute approximate surface area is 122 Å². The summed E-state index contributed by atoms with van der Waals surface area (Å²) >= 11 is 0. The van der Waals surface area contributed by atoms with Crippen molar-refractivity contribution in [2.45, 2.75) is 52.0 Å². The van der Waals surface area contributed by atoms with Crippen molar-refractivity contribution in [1.29, 1.82) is 0 Å². The molecule has 2 rings (SSSR count). The number of anilines is 1. The van der Waals surface area contributed by atoms with Gasteiger partial charge in [-0.1, -0.05) is 31.9 Å². The maximum absolute atomic E-state index is 12.5. The van der Waals surface area contributed by atoms with Gasteiger partial charge in [0, 0.05) is 17.1 Å². The fourth-order valence-corrected chi connectivity index (χ4v) is 3.08. The maximum Gasteiger partial charge on any atom is 0.230 e. The molecule has 0 saturated heterocycles. The summed E-state index contributed by atoms with van der Waals surface area (Å²) in [7, 11) is 1.95. The zero-order chi connectivity index (χ0) is 14.6. The number of hydrogen-bond donors (Lipinski definition) is 2. The van der Waals surface area contributed by atoms with Crippen LogP contribution in [-0.4, -0.2) is 13.0 Å². The smallest absolute Gasteiger partial charge is 0.230 e. The molecule has 1 aliphatic carbocycles. The van der Waals surface area contributed by atoms with E-state index in [2.05, 4.69) is 36.6 Å². The first-order chi connectivity index (χ1) is 9.61. The molecular formula is C17H26N2O. The van der Waals surface area contributed by atoms with E-state index in [4.69, 9.17) is 0 Å². The highest BCUT2D eigenvalue weighted by Gasteiger charge is 2.39. The predicted molar refractivity (Wildman–Crippen MR) is 83.7 cm³/mol. The molecular weight excluding hydrogens is 248 g/mol. The van der Waals surface area contributed by atoms with E-state index in [1.165, 1.54) is 18.4 Å². The topological polar surface area (TPSA) is 41.1 Å². The minimum atomic E-state index is -0.128. The lowest BCUT2D eigenvalue weighted by molar-refractivity contribution is -0.125. The number of carbonyl (C=O) groups excluding carboxylic acids is 1. The lowest BCUT2D eigenvalue weighted by atomic mass is 9.82. The Balaban J connectivity index is 2.04. The van der Waals surface area contributed by atoms with Gasteiger partial charge < -0.3 is 10.6 Å². The molecule has 1 aromatic rings. The van der Waals surface area contributed by atoms with E-state index in [1.54, 1.807) is 0 Å². The molecule has 0 heterocycles. The Bertz CT molecular complexity index is 447. The second-order valence-electron chi connectivity index (χ2n) is 5.93. The maximum atomic E-state index is 12.5. The third-order valence-corrected chi connectivity index (χ3v) is 4.82. The molecule has 20 heavy (non-hydrogen) atoms. The Morgan fingerprint density at radius 1 is 1.25 bits per heavy atom. The zero-order valence-corrected chi connectivity index (χ0v) is 12.8. The summed E-state index contributed by atoms with van der Waals surface area (Å²) in [6, 6.07) is 8.48. The highest BCUT2D eigenvalue weighted by molar-refractivity contribution is 5.95. The Kier molecular flexibility index (Phi) is 4.81. The van der Waals surface area contributed by atoms with E-state index in [0.29, 0.717) is 6.04 Å². The fraction of sp³-hybridized carbons (Fsp3) is 0.588. The summed E-state index contributed by atoms with van der Waals surface area (Å²) < 4.78 is 0. The van der Waals surface area contributed by atoms with Gasteiger partial charge in [-0.15, -0.1) is 0 Å². The Morgan fingerprint density at radius 2 is 1.85 bits per heavy atom. The number of benzene rings is 1. The molecule has 1 amide bonds. The van der Waals surface area contributed by atoms with Crippen LogP contribution in [0.1, 0.15) is 57.6 Å². The summed E-state index contributed by atoms with van der Waals surface area (Å²) in [5, 5.41) is 6.31. The van der Waals surface area contributed by atoms with E-state index >= 15 is 0 Å². The van der Waals surface area contributed by atoms with Crippen molar-refractivity contribution in [2.24, 2.45) is 5.41 Å². The fourth-order valence-electron chi connectivity index (χ4n) is 3.08. The largest absolute Gasteiger partial charge is 0.326 e. The highest BCUT2D eigenvalue weighted by Crippen LogP contribution is 2.41. The first-order valence-corrected chi connectivity index (χ1v) is 7.70. The average Bonchev–Trinajstić information content (AvgIpc) is 2.97. The van der Waals surface area contributed by atoms with Crippen LogP contribution in [0.25, 0.3) is 0 Å². The minimum absolute atomic E-state index is 0.128. The van der Waals surface area contributed by atoms with Crippen LogP contribution in [0.3, 0.4) is 0 Å². The van der Waals surface area contributed by atoms with Gasteiger partial charge in [0.15, 0.2) is 0 Å². The number of carbonyl (C=O) groups is 1. The van der Waals surface area contributed by atoms with Crippen molar-refractivity contribution >= 4 is 11.6 Å². The van der Waals surface area contributed by atoms with Crippen LogP contribution in [0.2, 0.25) is 0 Å². The molecule has 3 heteroatoms. The Morgan fingerprint density at radius 3 is 2.35 bits per heavy atom. The third kappa shape index (κ3) is 3.04. The number of nitrogens with one attached hydrogen (secondary N) is 2. The average molecular weight is 274 g/mol. The van der Waals surface area contributed by atoms with Crippen LogP contribution in [0.5, 0.6) is 0 Å². The van der Waals surface area contributed by atoms with Gasteiger partial charge in [0.25, 0.3) is 0 Å². The zero-order valence-electron chi connectivity index (χ0n) is 12.8. The van der Waals surface area contributed by atoms with E-state index in [-0.39, 0.29) is 11.3 Å². The van der Waals surface area contributed by atoms with Crippen molar-refractivity contribution in [2.75, 3.05) is 12.4 Å². The van der Waals surface area contributed by atoms with Gasteiger partial charge in [0.1, 0.15) is 0 Å². The van der Waals surface area contributed by atoms with Gasteiger partial charge in [0.05, 0.1) is 0 Å². The van der Waals surface area contributed by atoms with Gasteiger partial charge in [-0.2, -0.15) is 0 Å². The summed E-state index contributed by atoms with van der Waals surface area (Å²) in [6.07, 6.45) is 5.36. The molecule has 1 unspecified atom stereocenters.